The van der Waals surface area contributed by atoms with E-state index in [1.54, 1.807) is 7.11 Å². The molecule has 2 N–H and O–H groups in total. The minimum Gasteiger partial charge on any atom is -0.377 e. The Balaban J connectivity index is 2.66. The first-order chi connectivity index (χ1) is 7.26. The molecule has 0 amide bonds. The van der Waals surface area contributed by atoms with E-state index < -0.39 is 0 Å². The van der Waals surface area contributed by atoms with Crippen molar-refractivity contribution in [2.45, 2.75) is 26.5 Å². The maximum absolute atomic E-state index is 11.2. The fraction of sp³-hybridized carbons (Fsp3) is 0.600. The highest BCUT2D eigenvalue weighted by Crippen LogP contribution is 1.93. The Morgan fingerprint density at radius 1 is 1.60 bits per heavy atom. The topological polar surface area (TPSA) is 67.0 Å². The number of aromatic amines is 1. The monoisotopic (exact) mass is 211 g/mol. The highest BCUT2D eigenvalue weighted by molar-refractivity contribution is 5.02. The first kappa shape index (κ1) is 11.9. The molecule has 0 unspecified atom stereocenters. The summed E-state index contributed by atoms with van der Waals surface area (Å²) in [7, 11) is 1.57. The Hall–Kier alpha value is -1.20. The number of hydrogen-bond acceptors (Lipinski definition) is 4. The van der Waals surface area contributed by atoms with E-state index in [2.05, 4.69) is 22.2 Å². The van der Waals surface area contributed by atoms with Crippen molar-refractivity contribution in [1.29, 1.82) is 0 Å². The van der Waals surface area contributed by atoms with Gasteiger partial charge in [-0.1, -0.05) is 6.92 Å². The maximum Gasteiger partial charge on any atom is 0.251 e. The first-order valence-corrected chi connectivity index (χ1v) is 5.05. The van der Waals surface area contributed by atoms with E-state index in [-0.39, 0.29) is 5.56 Å². The average molecular weight is 211 g/mol. The van der Waals surface area contributed by atoms with E-state index >= 15 is 0 Å². The van der Waals surface area contributed by atoms with Gasteiger partial charge in [-0.3, -0.25) is 4.79 Å². The summed E-state index contributed by atoms with van der Waals surface area (Å²) < 4.78 is 4.91. The van der Waals surface area contributed by atoms with Gasteiger partial charge in [-0.05, 0) is 13.0 Å². The molecule has 1 aromatic rings. The fourth-order valence-electron chi connectivity index (χ4n) is 1.25. The van der Waals surface area contributed by atoms with Crippen molar-refractivity contribution >= 4 is 0 Å². The van der Waals surface area contributed by atoms with Gasteiger partial charge in [-0.25, -0.2) is 4.98 Å². The molecule has 0 aliphatic rings. The molecule has 0 spiro atoms. The highest BCUT2D eigenvalue weighted by Gasteiger charge is 2.00. The Labute approximate surface area is 88.9 Å². The van der Waals surface area contributed by atoms with Gasteiger partial charge in [-0.2, -0.15) is 0 Å². The summed E-state index contributed by atoms with van der Waals surface area (Å²) in [5.74, 6) is 0.568. The number of rotatable bonds is 6. The number of nitrogens with one attached hydrogen (secondary N) is 2. The number of ether oxygens (including phenoxy) is 1. The number of aromatic nitrogens is 2. The summed E-state index contributed by atoms with van der Waals surface area (Å²) in [6, 6.07) is 1.50. The van der Waals surface area contributed by atoms with Crippen molar-refractivity contribution in [3.63, 3.8) is 0 Å². The van der Waals surface area contributed by atoms with Crippen LogP contribution in [0.4, 0.5) is 0 Å². The van der Waals surface area contributed by atoms with Crippen LogP contribution in [0.25, 0.3) is 0 Å². The minimum atomic E-state index is -0.134. The first-order valence-electron chi connectivity index (χ1n) is 5.05. The molecule has 0 aliphatic carbocycles. The van der Waals surface area contributed by atoms with Gasteiger partial charge < -0.3 is 15.0 Å². The van der Waals surface area contributed by atoms with Gasteiger partial charge >= 0.3 is 0 Å². The summed E-state index contributed by atoms with van der Waals surface area (Å²) >= 11 is 0. The van der Waals surface area contributed by atoms with Gasteiger partial charge in [0.2, 0.25) is 0 Å². The van der Waals surface area contributed by atoms with E-state index in [1.807, 2.05) is 0 Å². The van der Waals surface area contributed by atoms with Gasteiger partial charge in [0.1, 0.15) is 12.4 Å². The summed E-state index contributed by atoms with van der Waals surface area (Å²) in [4.78, 5) is 18.1. The van der Waals surface area contributed by atoms with E-state index in [4.69, 9.17) is 4.74 Å². The van der Waals surface area contributed by atoms with Crippen molar-refractivity contribution in [2.75, 3.05) is 13.7 Å². The molecule has 0 atom stereocenters. The predicted molar refractivity (Wildman–Crippen MR) is 57.6 cm³/mol. The number of H-pyrrole nitrogens is 1. The lowest BCUT2D eigenvalue weighted by Gasteiger charge is -2.04. The standard InChI is InChI=1S/C10H17N3O2/c1-3-4-11-6-8-5-10(14)13-9(12-8)7-15-2/h5,11H,3-4,6-7H2,1-2H3,(H,12,13,14). The van der Waals surface area contributed by atoms with E-state index in [1.165, 1.54) is 6.07 Å². The van der Waals surface area contributed by atoms with Crippen molar-refractivity contribution in [3.05, 3.63) is 27.9 Å². The van der Waals surface area contributed by atoms with Crippen LogP contribution in [0.3, 0.4) is 0 Å². The van der Waals surface area contributed by atoms with Crippen LogP contribution < -0.4 is 10.9 Å². The quantitative estimate of drug-likeness (QED) is 0.669. The van der Waals surface area contributed by atoms with Gasteiger partial charge in [0.15, 0.2) is 0 Å². The van der Waals surface area contributed by atoms with Crippen molar-refractivity contribution < 1.29 is 4.74 Å². The van der Waals surface area contributed by atoms with Crippen LogP contribution in [-0.2, 0) is 17.9 Å². The molecule has 0 bridgehead atoms. The molecule has 0 aromatic carbocycles. The zero-order chi connectivity index (χ0) is 11.1. The molecule has 0 aliphatic heterocycles. The molecule has 0 saturated carbocycles. The van der Waals surface area contributed by atoms with Gasteiger partial charge in [0.05, 0.1) is 5.69 Å². The van der Waals surface area contributed by atoms with Gasteiger partial charge in [-0.15, -0.1) is 0 Å². The summed E-state index contributed by atoms with van der Waals surface area (Å²) in [6.07, 6.45) is 1.06. The number of nitrogens with zero attached hydrogens (tertiary/aromatic N) is 1. The van der Waals surface area contributed by atoms with Crippen LogP contribution in [0.5, 0.6) is 0 Å². The van der Waals surface area contributed by atoms with Crippen LogP contribution in [0.2, 0.25) is 0 Å². The Bertz CT molecular complexity index is 349. The van der Waals surface area contributed by atoms with Crippen molar-refractivity contribution in [2.24, 2.45) is 0 Å². The fourth-order valence-corrected chi connectivity index (χ4v) is 1.25. The molecular formula is C10H17N3O2. The second kappa shape index (κ2) is 6.31. The van der Waals surface area contributed by atoms with Crippen molar-refractivity contribution in [1.82, 2.24) is 15.3 Å². The highest BCUT2D eigenvalue weighted by atomic mass is 16.5. The molecule has 0 radical (unpaired) electrons. The van der Waals surface area contributed by atoms with Crippen LogP contribution in [0, 0.1) is 0 Å². The molecule has 1 heterocycles. The second-order valence-corrected chi connectivity index (χ2v) is 3.29. The Morgan fingerprint density at radius 2 is 2.40 bits per heavy atom. The molecule has 84 valence electrons. The largest absolute Gasteiger partial charge is 0.377 e. The second-order valence-electron chi connectivity index (χ2n) is 3.29. The van der Waals surface area contributed by atoms with E-state index in [0.29, 0.717) is 19.0 Å². The van der Waals surface area contributed by atoms with E-state index in [9.17, 15) is 4.79 Å². The minimum absolute atomic E-state index is 0.134. The number of methoxy groups -OCH3 is 1. The van der Waals surface area contributed by atoms with Crippen LogP contribution in [0.15, 0.2) is 10.9 Å². The van der Waals surface area contributed by atoms with Gasteiger partial charge in [0, 0.05) is 19.7 Å². The molecular weight excluding hydrogens is 194 g/mol. The lowest BCUT2D eigenvalue weighted by molar-refractivity contribution is 0.177. The third-order valence-electron chi connectivity index (χ3n) is 1.86. The zero-order valence-corrected chi connectivity index (χ0v) is 9.17. The smallest absolute Gasteiger partial charge is 0.251 e. The lowest BCUT2D eigenvalue weighted by atomic mass is 10.3. The molecule has 5 nitrogen and oxygen atoms in total. The molecule has 5 heteroatoms. The Morgan fingerprint density at radius 3 is 3.07 bits per heavy atom. The average Bonchev–Trinajstić information content (AvgIpc) is 2.18. The SMILES string of the molecule is CCCNCc1cc(=O)[nH]c(COC)n1. The molecule has 1 rings (SSSR count). The summed E-state index contributed by atoms with van der Waals surface area (Å²) in [5, 5.41) is 3.19. The normalized spacial score (nSPS) is 10.5. The maximum atomic E-state index is 11.2. The Kier molecular flexibility index (Phi) is 5.00. The zero-order valence-electron chi connectivity index (χ0n) is 9.17. The summed E-state index contributed by atoms with van der Waals surface area (Å²) in [5.41, 5.74) is 0.615. The van der Waals surface area contributed by atoms with Crippen molar-refractivity contribution in [3.8, 4) is 0 Å². The third kappa shape index (κ3) is 4.22. The van der Waals surface area contributed by atoms with Gasteiger partial charge in [0.25, 0.3) is 5.56 Å². The third-order valence-corrected chi connectivity index (χ3v) is 1.86. The molecule has 0 saturated heterocycles. The van der Waals surface area contributed by atoms with Crippen LogP contribution >= 0.6 is 0 Å². The number of hydrogen-bond donors (Lipinski definition) is 2. The molecule has 0 fully saturated rings. The lowest BCUT2D eigenvalue weighted by Crippen LogP contribution is -2.19. The van der Waals surface area contributed by atoms with E-state index in [0.717, 1.165) is 18.7 Å². The predicted octanol–water partition coefficient (Wildman–Crippen LogP) is 0.416. The summed E-state index contributed by atoms with van der Waals surface area (Å²) in [6.45, 7) is 3.97. The molecule has 15 heavy (non-hydrogen) atoms. The van der Waals surface area contributed by atoms with Crippen LogP contribution in [0.1, 0.15) is 24.9 Å². The van der Waals surface area contributed by atoms with Crippen LogP contribution in [-0.4, -0.2) is 23.6 Å². The molecule has 1 aromatic heterocycles.